The van der Waals surface area contributed by atoms with E-state index in [-0.39, 0.29) is 51.5 Å². The highest BCUT2D eigenvalue weighted by Gasteiger charge is 2.82. The molecule has 9 atom stereocenters. The summed E-state index contributed by atoms with van der Waals surface area (Å²) in [6.45, 7) is 17.6. The molecule has 5 rings (SSSR count). The molecule has 0 aromatic heterocycles. The van der Waals surface area contributed by atoms with Gasteiger partial charge in [0.15, 0.2) is 5.78 Å². The summed E-state index contributed by atoms with van der Waals surface area (Å²) < 4.78 is 11.5. The zero-order valence-corrected chi connectivity index (χ0v) is 25.7. The summed E-state index contributed by atoms with van der Waals surface area (Å²) in [5.74, 6) is 0.333. The van der Waals surface area contributed by atoms with E-state index >= 15 is 0 Å². The number of hydrogen-bond acceptors (Lipinski definition) is 6. The molecule has 0 unspecified atom stereocenters. The average molecular weight is 540 g/mol. The predicted molar refractivity (Wildman–Crippen MR) is 147 cm³/mol. The van der Waals surface area contributed by atoms with Crippen LogP contribution in [0.3, 0.4) is 0 Å². The number of fused-ring (bicyclic) bond motifs is 5. The monoisotopic (exact) mass is 539 g/mol. The van der Waals surface area contributed by atoms with E-state index < -0.39 is 27.9 Å². The minimum absolute atomic E-state index is 0.0133. The molecular formula is C33H49NO5. The Hall–Kier alpha value is -1.74. The van der Waals surface area contributed by atoms with Gasteiger partial charge in [0, 0.05) is 23.7 Å². The molecule has 1 aliphatic heterocycles. The van der Waals surface area contributed by atoms with Crippen LogP contribution in [0.15, 0.2) is 0 Å². The van der Waals surface area contributed by atoms with Crippen molar-refractivity contribution in [2.45, 2.75) is 125 Å². The Morgan fingerprint density at radius 2 is 1.69 bits per heavy atom. The van der Waals surface area contributed by atoms with Crippen molar-refractivity contribution in [3.8, 4) is 6.07 Å². The van der Waals surface area contributed by atoms with Crippen LogP contribution in [-0.4, -0.2) is 36.4 Å². The van der Waals surface area contributed by atoms with Crippen molar-refractivity contribution in [3.05, 3.63) is 0 Å². The van der Waals surface area contributed by atoms with Gasteiger partial charge in [-0.15, -0.1) is 0 Å². The van der Waals surface area contributed by atoms with Crippen LogP contribution in [0.2, 0.25) is 0 Å². The van der Waals surface area contributed by atoms with Crippen LogP contribution in [-0.2, 0) is 23.9 Å². The van der Waals surface area contributed by atoms with Crippen LogP contribution in [0.1, 0.15) is 113 Å². The summed E-state index contributed by atoms with van der Waals surface area (Å²) in [6, 6.07) is 2.25. The number of hydrogen-bond donors (Lipinski definition) is 0. The molecule has 0 N–H and O–H groups in total. The fourth-order valence-corrected chi connectivity index (χ4v) is 10.9. The number of nitriles is 1. The van der Waals surface area contributed by atoms with Crippen molar-refractivity contribution >= 4 is 17.5 Å². The molecule has 0 bridgehead atoms. The molecule has 0 aromatic carbocycles. The van der Waals surface area contributed by atoms with Crippen molar-refractivity contribution in [1.82, 2.24) is 0 Å². The van der Waals surface area contributed by atoms with Gasteiger partial charge in [0.25, 0.3) is 0 Å². The number of methoxy groups -OCH3 is 1. The van der Waals surface area contributed by atoms with E-state index in [1.807, 2.05) is 13.8 Å². The normalized spacial score (nSPS) is 49.6. The van der Waals surface area contributed by atoms with Crippen molar-refractivity contribution < 1.29 is 23.9 Å². The van der Waals surface area contributed by atoms with E-state index in [4.69, 9.17) is 9.47 Å². The van der Waals surface area contributed by atoms with Crippen LogP contribution in [0, 0.1) is 61.6 Å². The average Bonchev–Trinajstić information content (AvgIpc) is 3.61. The highest BCUT2D eigenvalue weighted by Crippen LogP contribution is 2.75. The van der Waals surface area contributed by atoms with Gasteiger partial charge >= 0.3 is 5.97 Å². The van der Waals surface area contributed by atoms with Gasteiger partial charge in [-0.2, -0.15) is 5.26 Å². The third kappa shape index (κ3) is 3.57. The number of esters is 1. The molecule has 216 valence electrons. The fourth-order valence-electron chi connectivity index (χ4n) is 10.9. The minimum Gasteiger partial charge on any atom is -0.469 e. The number of epoxide rings is 1. The zero-order chi connectivity index (χ0) is 29.0. The van der Waals surface area contributed by atoms with Crippen LogP contribution in [0.5, 0.6) is 0 Å². The van der Waals surface area contributed by atoms with Gasteiger partial charge in [0.2, 0.25) is 5.60 Å². The lowest BCUT2D eigenvalue weighted by Gasteiger charge is -2.67. The molecule has 0 amide bonds. The predicted octanol–water partition coefficient (Wildman–Crippen LogP) is 6.45. The van der Waals surface area contributed by atoms with Crippen LogP contribution in [0.4, 0.5) is 0 Å². The number of carbonyl (C=O) groups excluding carboxylic acids is 3. The summed E-state index contributed by atoms with van der Waals surface area (Å²) in [5.41, 5.74) is -3.31. The van der Waals surface area contributed by atoms with Gasteiger partial charge in [-0.3, -0.25) is 14.4 Å². The number of rotatable bonds is 4. The van der Waals surface area contributed by atoms with Gasteiger partial charge in [-0.1, -0.05) is 55.4 Å². The highest BCUT2D eigenvalue weighted by molar-refractivity contribution is 5.99. The second-order valence-electron chi connectivity index (χ2n) is 16.2. The molecule has 1 saturated heterocycles. The number of carbonyl (C=O) groups is 3. The standard InChI is InChI=1S/C33H49NO5/c1-20-17-27(2,3)12-14-32(20,26(37)38-9)15-13-29(6)18-21(35)16-23-30(29,7)11-10-22-28(4,5)24(36)33(19-34)25(39-33)31(22,23)8/h20,22-23,25H,10-18H2,1-9H3/t20-,22-,23-,25+,29+,30+,31-,32-,33-/m0/s1. The maximum absolute atomic E-state index is 13.6. The lowest BCUT2D eigenvalue weighted by atomic mass is 9.35. The molecule has 1 heterocycles. The fraction of sp³-hybridized carbons (Fsp3) is 0.879. The zero-order valence-electron chi connectivity index (χ0n) is 25.7. The molecule has 0 radical (unpaired) electrons. The number of nitrogens with zero attached hydrogens (tertiary/aromatic N) is 1. The summed E-state index contributed by atoms with van der Waals surface area (Å²) in [7, 11) is 1.51. The molecule has 4 aliphatic carbocycles. The molecule has 39 heavy (non-hydrogen) atoms. The van der Waals surface area contributed by atoms with Crippen molar-refractivity contribution in [3.63, 3.8) is 0 Å². The maximum Gasteiger partial charge on any atom is 0.312 e. The van der Waals surface area contributed by atoms with Crippen molar-refractivity contribution in [2.24, 2.45) is 50.2 Å². The molecular weight excluding hydrogens is 490 g/mol. The SMILES string of the molecule is COC(=O)[C@]1(CC[C@]2(C)CC(=O)C[C@@H]3[C@@]4(C)[C@H]5O[C@@]5(C#N)C(=O)C(C)(C)[C@@H]4CC[C@]32C)CCC(C)(C)C[C@@H]1C. The number of Topliss-reactive ketones (excluding diaryl/α,β-unsaturated/α-hetero) is 2. The first-order valence-electron chi connectivity index (χ1n) is 15.1. The molecule has 0 spiro atoms. The summed E-state index contributed by atoms with van der Waals surface area (Å²) in [5, 5.41) is 10.1. The topological polar surface area (TPSA) is 96.8 Å². The third-order valence-corrected chi connectivity index (χ3v) is 13.5. The quantitative estimate of drug-likeness (QED) is 0.301. The van der Waals surface area contributed by atoms with E-state index in [9.17, 15) is 19.6 Å². The van der Waals surface area contributed by atoms with E-state index in [2.05, 4.69) is 47.6 Å². The Balaban J connectivity index is 1.51. The minimum atomic E-state index is -1.37. The van der Waals surface area contributed by atoms with Crippen LogP contribution >= 0.6 is 0 Å². The smallest absolute Gasteiger partial charge is 0.312 e. The largest absolute Gasteiger partial charge is 0.469 e. The number of ether oxygens (including phenoxy) is 2. The van der Waals surface area contributed by atoms with Gasteiger partial charge in [0.05, 0.1) is 12.5 Å². The number of ketones is 2. The van der Waals surface area contributed by atoms with E-state index in [0.29, 0.717) is 12.8 Å². The molecule has 6 heteroatoms. The van der Waals surface area contributed by atoms with E-state index in [1.54, 1.807) is 0 Å². The Bertz CT molecular complexity index is 1150. The first-order chi connectivity index (χ1) is 17.9. The third-order valence-electron chi connectivity index (χ3n) is 13.5. The van der Waals surface area contributed by atoms with Gasteiger partial charge in [0.1, 0.15) is 18.0 Å². The van der Waals surface area contributed by atoms with E-state index in [1.165, 1.54) is 7.11 Å². The molecule has 6 nitrogen and oxygen atoms in total. The first-order valence-corrected chi connectivity index (χ1v) is 15.1. The molecule has 4 saturated carbocycles. The van der Waals surface area contributed by atoms with Gasteiger partial charge < -0.3 is 9.47 Å². The van der Waals surface area contributed by atoms with Gasteiger partial charge in [-0.05, 0) is 78.9 Å². The van der Waals surface area contributed by atoms with Crippen LogP contribution in [0.25, 0.3) is 0 Å². The van der Waals surface area contributed by atoms with Crippen LogP contribution < -0.4 is 0 Å². The van der Waals surface area contributed by atoms with Gasteiger partial charge in [-0.25, -0.2) is 0 Å². The molecule has 0 aromatic rings. The Kier molecular flexibility index (Phi) is 6.20. The molecule has 5 fully saturated rings. The van der Waals surface area contributed by atoms with E-state index in [0.717, 1.165) is 44.9 Å². The summed E-state index contributed by atoms with van der Waals surface area (Å²) >= 11 is 0. The van der Waals surface area contributed by atoms with Crippen molar-refractivity contribution in [2.75, 3.05) is 7.11 Å². The second kappa shape index (κ2) is 8.40. The Labute approximate surface area is 234 Å². The second-order valence-corrected chi connectivity index (χ2v) is 16.2. The maximum atomic E-state index is 13.6. The highest BCUT2D eigenvalue weighted by atomic mass is 16.6. The Morgan fingerprint density at radius 1 is 1.03 bits per heavy atom. The lowest BCUT2D eigenvalue weighted by molar-refractivity contribution is -0.194. The summed E-state index contributed by atoms with van der Waals surface area (Å²) in [6.07, 6.45) is 6.61. The Morgan fingerprint density at radius 3 is 2.28 bits per heavy atom. The lowest BCUT2D eigenvalue weighted by Crippen LogP contribution is -2.67. The molecule has 5 aliphatic rings. The van der Waals surface area contributed by atoms with Crippen molar-refractivity contribution in [1.29, 1.82) is 5.26 Å². The first kappa shape index (κ1) is 28.8. The summed E-state index contributed by atoms with van der Waals surface area (Å²) in [4.78, 5) is 40.5.